The first-order chi connectivity index (χ1) is 13.3. The van der Waals surface area contributed by atoms with Gasteiger partial charge >= 0.3 is 5.97 Å². The average molecular weight is 407 g/mol. The topological polar surface area (TPSA) is 94.5 Å². The fourth-order valence-electron chi connectivity index (χ4n) is 3.65. The van der Waals surface area contributed by atoms with E-state index in [1.165, 1.54) is 7.11 Å². The molecule has 0 aliphatic rings. The number of methoxy groups -OCH3 is 3. The average Bonchev–Trinajstić information content (AvgIpc) is 2.67. The fraction of sp³-hybridized carbons (Fsp3) is 0.952. The van der Waals surface area contributed by atoms with Crippen LogP contribution in [0.1, 0.15) is 52.9 Å². The minimum atomic E-state index is -0.839. The van der Waals surface area contributed by atoms with Gasteiger partial charge in [-0.2, -0.15) is 0 Å². The minimum Gasteiger partial charge on any atom is -0.469 e. The predicted octanol–water partition coefficient (Wildman–Crippen LogP) is 2.42. The van der Waals surface area contributed by atoms with E-state index in [9.17, 15) is 15.0 Å². The van der Waals surface area contributed by atoms with Crippen molar-refractivity contribution in [2.24, 2.45) is 17.3 Å². The molecule has 0 bridgehead atoms. The molecule has 0 aromatic carbocycles. The third-order valence-corrected chi connectivity index (χ3v) is 5.47. The van der Waals surface area contributed by atoms with E-state index >= 15 is 0 Å². The van der Waals surface area contributed by atoms with Crippen LogP contribution >= 0.6 is 0 Å². The minimum absolute atomic E-state index is 0.0916. The van der Waals surface area contributed by atoms with Gasteiger partial charge in [0.25, 0.3) is 0 Å². The zero-order chi connectivity index (χ0) is 21.6. The molecule has 0 amide bonds. The van der Waals surface area contributed by atoms with Gasteiger partial charge in [-0.05, 0) is 44.9 Å². The molecule has 28 heavy (non-hydrogen) atoms. The molecule has 0 rings (SSSR count). The summed E-state index contributed by atoms with van der Waals surface area (Å²) >= 11 is 0. The largest absolute Gasteiger partial charge is 0.469 e. The van der Waals surface area contributed by atoms with Crippen molar-refractivity contribution in [3.63, 3.8) is 0 Å². The lowest BCUT2D eigenvalue weighted by atomic mass is 9.72. The van der Waals surface area contributed by atoms with E-state index in [4.69, 9.17) is 18.9 Å². The molecule has 7 heteroatoms. The SMILES string of the molecule is CCC(CCCC(CC(CO)OCC(C)O)C(C)(COC)C(=O)OC)COC. The number of aliphatic hydroxyl groups is 2. The normalized spacial score (nSPS) is 18.1. The summed E-state index contributed by atoms with van der Waals surface area (Å²) in [5.41, 5.74) is -0.839. The summed E-state index contributed by atoms with van der Waals surface area (Å²) in [5.74, 6) is 0.0687. The Kier molecular flexibility index (Phi) is 14.8. The first-order valence-corrected chi connectivity index (χ1v) is 10.3. The molecule has 0 heterocycles. The Morgan fingerprint density at radius 1 is 1.11 bits per heavy atom. The van der Waals surface area contributed by atoms with Crippen LogP contribution in [0.5, 0.6) is 0 Å². The van der Waals surface area contributed by atoms with Gasteiger partial charge in [0.15, 0.2) is 0 Å². The van der Waals surface area contributed by atoms with Crippen molar-refractivity contribution in [3.8, 4) is 0 Å². The highest BCUT2D eigenvalue weighted by molar-refractivity contribution is 5.76. The Morgan fingerprint density at radius 3 is 2.25 bits per heavy atom. The third kappa shape index (κ3) is 9.65. The molecule has 0 spiro atoms. The Balaban J connectivity index is 5.29. The van der Waals surface area contributed by atoms with Crippen LogP contribution in [0.15, 0.2) is 0 Å². The first-order valence-electron chi connectivity index (χ1n) is 10.3. The van der Waals surface area contributed by atoms with Crippen LogP contribution in [0.2, 0.25) is 0 Å². The lowest BCUT2D eigenvalue weighted by Crippen LogP contribution is -2.43. The molecule has 0 aliphatic carbocycles. The Bertz CT molecular complexity index is 402. The zero-order valence-electron chi connectivity index (χ0n) is 18.6. The molecular weight excluding hydrogens is 364 g/mol. The fourth-order valence-corrected chi connectivity index (χ4v) is 3.65. The maximum atomic E-state index is 12.6. The van der Waals surface area contributed by atoms with E-state index in [-0.39, 0.29) is 31.7 Å². The maximum Gasteiger partial charge on any atom is 0.314 e. The lowest BCUT2D eigenvalue weighted by Gasteiger charge is -2.36. The number of rotatable bonds is 17. The van der Waals surface area contributed by atoms with Crippen molar-refractivity contribution in [1.29, 1.82) is 0 Å². The molecule has 0 aromatic heterocycles. The molecule has 0 saturated carbocycles. The number of esters is 1. The Labute approximate surface area is 170 Å². The van der Waals surface area contributed by atoms with Gasteiger partial charge in [-0.15, -0.1) is 0 Å². The Morgan fingerprint density at radius 2 is 1.79 bits per heavy atom. The van der Waals surface area contributed by atoms with E-state index in [0.29, 0.717) is 12.3 Å². The first kappa shape index (κ1) is 27.3. The van der Waals surface area contributed by atoms with Gasteiger partial charge in [0, 0.05) is 20.8 Å². The standard InChI is InChI=1S/C21H42O7/c1-7-17(14-25-4)9-8-10-18(11-19(12-22)28-13-16(2)23)21(3,15-26-5)20(24)27-6/h16-19,22-23H,7-15H2,1-6H3. The predicted molar refractivity (Wildman–Crippen MR) is 108 cm³/mol. The number of hydrogen-bond acceptors (Lipinski definition) is 7. The second-order valence-corrected chi connectivity index (χ2v) is 7.92. The van der Waals surface area contributed by atoms with E-state index in [0.717, 1.165) is 32.3 Å². The number of aliphatic hydroxyl groups excluding tert-OH is 2. The van der Waals surface area contributed by atoms with Crippen molar-refractivity contribution in [3.05, 3.63) is 0 Å². The van der Waals surface area contributed by atoms with Crippen molar-refractivity contribution < 1.29 is 34.0 Å². The molecule has 0 aliphatic heterocycles. The van der Waals surface area contributed by atoms with Crippen LogP contribution in [0.4, 0.5) is 0 Å². The molecule has 168 valence electrons. The van der Waals surface area contributed by atoms with E-state index < -0.39 is 17.6 Å². The summed E-state index contributed by atoms with van der Waals surface area (Å²) in [5, 5.41) is 19.2. The number of ether oxygens (including phenoxy) is 4. The van der Waals surface area contributed by atoms with Crippen LogP contribution in [0, 0.1) is 17.3 Å². The van der Waals surface area contributed by atoms with Crippen molar-refractivity contribution in [2.75, 3.05) is 47.8 Å². The van der Waals surface area contributed by atoms with E-state index in [2.05, 4.69) is 6.92 Å². The summed E-state index contributed by atoms with van der Waals surface area (Å²) in [6.07, 6.45) is 3.17. The van der Waals surface area contributed by atoms with Gasteiger partial charge in [0.2, 0.25) is 0 Å². The quantitative estimate of drug-likeness (QED) is 0.358. The van der Waals surface area contributed by atoms with Crippen LogP contribution < -0.4 is 0 Å². The molecular formula is C21H42O7. The zero-order valence-corrected chi connectivity index (χ0v) is 18.6. The van der Waals surface area contributed by atoms with Gasteiger partial charge in [-0.3, -0.25) is 4.79 Å². The molecule has 2 N–H and O–H groups in total. The van der Waals surface area contributed by atoms with Crippen molar-refractivity contribution in [1.82, 2.24) is 0 Å². The smallest absolute Gasteiger partial charge is 0.314 e. The van der Waals surface area contributed by atoms with Gasteiger partial charge in [-0.1, -0.05) is 19.8 Å². The summed E-state index contributed by atoms with van der Waals surface area (Å²) in [7, 11) is 4.66. The maximum absolute atomic E-state index is 12.6. The summed E-state index contributed by atoms with van der Waals surface area (Å²) in [4.78, 5) is 12.6. The van der Waals surface area contributed by atoms with Crippen molar-refractivity contribution in [2.45, 2.75) is 65.1 Å². The van der Waals surface area contributed by atoms with Crippen LogP contribution in [-0.2, 0) is 23.7 Å². The second kappa shape index (κ2) is 15.2. The highest BCUT2D eigenvalue weighted by atomic mass is 16.5. The molecule has 0 fully saturated rings. The van der Waals surface area contributed by atoms with E-state index in [1.54, 1.807) is 21.1 Å². The number of hydrogen-bond donors (Lipinski definition) is 2. The highest BCUT2D eigenvalue weighted by Crippen LogP contribution is 2.37. The summed E-state index contributed by atoms with van der Waals surface area (Å²) in [6, 6.07) is 0. The second-order valence-electron chi connectivity index (χ2n) is 7.92. The molecule has 0 aromatic rings. The molecule has 0 radical (unpaired) electrons. The third-order valence-electron chi connectivity index (χ3n) is 5.47. The molecule has 0 saturated heterocycles. The number of carbonyl (C=O) groups excluding carboxylic acids is 1. The molecule has 7 nitrogen and oxygen atoms in total. The van der Waals surface area contributed by atoms with Crippen LogP contribution in [0.3, 0.4) is 0 Å². The Hall–Kier alpha value is -0.730. The number of carbonyl (C=O) groups is 1. The van der Waals surface area contributed by atoms with Crippen LogP contribution in [-0.4, -0.2) is 76.1 Å². The van der Waals surface area contributed by atoms with E-state index in [1.807, 2.05) is 6.92 Å². The van der Waals surface area contributed by atoms with Gasteiger partial charge in [-0.25, -0.2) is 0 Å². The highest BCUT2D eigenvalue weighted by Gasteiger charge is 2.43. The summed E-state index contributed by atoms with van der Waals surface area (Å²) in [6.45, 7) is 6.56. The lowest BCUT2D eigenvalue weighted by molar-refractivity contribution is -0.161. The van der Waals surface area contributed by atoms with Crippen LogP contribution in [0.25, 0.3) is 0 Å². The monoisotopic (exact) mass is 406 g/mol. The molecule has 5 atom stereocenters. The van der Waals surface area contributed by atoms with Gasteiger partial charge in [0.05, 0.1) is 44.6 Å². The summed E-state index contributed by atoms with van der Waals surface area (Å²) < 4.78 is 21.3. The van der Waals surface area contributed by atoms with Gasteiger partial charge in [0.1, 0.15) is 0 Å². The molecule has 5 unspecified atom stereocenters. The van der Waals surface area contributed by atoms with Gasteiger partial charge < -0.3 is 29.2 Å². The van der Waals surface area contributed by atoms with Crippen molar-refractivity contribution >= 4 is 5.97 Å².